The number of hydrogen-bond donors (Lipinski definition) is 3. The number of carbonyl (C=O) groups excluding carboxylic acids is 2. The van der Waals surface area contributed by atoms with Gasteiger partial charge in [-0.15, -0.1) is 11.3 Å². The van der Waals surface area contributed by atoms with E-state index in [1.807, 2.05) is 19.9 Å². The zero-order valence-corrected chi connectivity index (χ0v) is 15.2. The molecule has 1 amide bonds. The standard InChI is InChI=1S/C16H23N3O2S2/c1-10-9-13(11(2)23-10)14(20)7-8-15(21)18-19-16(22)17-12-5-3-4-6-12/h9,12H,3-8H2,1-2H3,(H,18,21)(H2,17,19,22). The predicted molar refractivity (Wildman–Crippen MR) is 96.6 cm³/mol. The average molecular weight is 354 g/mol. The molecule has 0 unspecified atom stereocenters. The lowest BCUT2D eigenvalue weighted by atomic mass is 10.1. The van der Waals surface area contributed by atoms with Crippen molar-refractivity contribution in [3.8, 4) is 0 Å². The molecule has 1 aliphatic carbocycles. The van der Waals surface area contributed by atoms with E-state index < -0.39 is 0 Å². The third kappa shape index (κ3) is 5.58. The van der Waals surface area contributed by atoms with Crippen LogP contribution in [-0.4, -0.2) is 22.8 Å². The zero-order chi connectivity index (χ0) is 16.8. The summed E-state index contributed by atoms with van der Waals surface area (Å²) in [5.41, 5.74) is 5.97. The van der Waals surface area contributed by atoms with Gasteiger partial charge in [-0.3, -0.25) is 20.4 Å². The normalized spacial score (nSPS) is 14.5. The minimum absolute atomic E-state index is 0.00802. The van der Waals surface area contributed by atoms with Gasteiger partial charge in [-0.2, -0.15) is 0 Å². The van der Waals surface area contributed by atoms with Crippen LogP contribution < -0.4 is 16.2 Å². The Morgan fingerprint density at radius 2 is 1.91 bits per heavy atom. The van der Waals surface area contributed by atoms with Gasteiger partial charge in [0.15, 0.2) is 10.9 Å². The lowest BCUT2D eigenvalue weighted by Crippen LogP contribution is -2.49. The molecule has 2 rings (SSSR count). The van der Waals surface area contributed by atoms with Crippen molar-refractivity contribution in [1.29, 1.82) is 0 Å². The number of amides is 1. The first-order valence-corrected chi connectivity index (χ1v) is 9.13. The largest absolute Gasteiger partial charge is 0.359 e. The Morgan fingerprint density at radius 1 is 1.22 bits per heavy atom. The van der Waals surface area contributed by atoms with Crippen molar-refractivity contribution in [3.05, 3.63) is 21.4 Å². The number of Topliss-reactive ketones (excluding diaryl/α,β-unsaturated/α-hetero) is 1. The van der Waals surface area contributed by atoms with Gasteiger partial charge in [-0.25, -0.2) is 0 Å². The summed E-state index contributed by atoms with van der Waals surface area (Å²) in [7, 11) is 0. The lowest BCUT2D eigenvalue weighted by Gasteiger charge is -2.16. The Bertz CT molecular complexity index is 592. The Balaban J connectivity index is 1.67. The summed E-state index contributed by atoms with van der Waals surface area (Å²) < 4.78 is 0. The van der Waals surface area contributed by atoms with Gasteiger partial charge < -0.3 is 5.32 Å². The molecular formula is C16H23N3O2S2. The van der Waals surface area contributed by atoms with Crippen LogP contribution in [0.25, 0.3) is 0 Å². The fraction of sp³-hybridized carbons (Fsp3) is 0.562. The van der Waals surface area contributed by atoms with Gasteiger partial charge in [-0.1, -0.05) is 12.8 Å². The van der Waals surface area contributed by atoms with Crippen molar-refractivity contribution in [1.82, 2.24) is 16.2 Å². The number of thiophene rings is 1. The fourth-order valence-electron chi connectivity index (χ4n) is 2.75. The Kier molecular flexibility index (Phi) is 6.53. The molecule has 1 saturated carbocycles. The predicted octanol–water partition coefficient (Wildman–Crippen LogP) is 2.77. The molecule has 23 heavy (non-hydrogen) atoms. The second kappa shape index (κ2) is 8.40. The van der Waals surface area contributed by atoms with Crippen LogP contribution in [0.1, 0.15) is 58.6 Å². The molecule has 7 heteroatoms. The first kappa shape index (κ1) is 17.9. The number of nitrogens with one attached hydrogen (secondary N) is 3. The number of rotatable bonds is 5. The van der Waals surface area contributed by atoms with E-state index in [1.165, 1.54) is 12.8 Å². The summed E-state index contributed by atoms with van der Waals surface area (Å²) >= 11 is 6.74. The van der Waals surface area contributed by atoms with E-state index in [0.29, 0.717) is 11.2 Å². The van der Waals surface area contributed by atoms with Crippen molar-refractivity contribution >= 4 is 40.4 Å². The summed E-state index contributed by atoms with van der Waals surface area (Å²) in [6, 6.07) is 2.29. The number of thiocarbonyl (C=S) groups is 1. The number of ketones is 1. The molecule has 0 bridgehead atoms. The molecule has 126 valence electrons. The van der Waals surface area contributed by atoms with E-state index >= 15 is 0 Å². The van der Waals surface area contributed by atoms with Gasteiger partial charge in [0.25, 0.3) is 0 Å². The van der Waals surface area contributed by atoms with Gasteiger partial charge in [0.2, 0.25) is 5.91 Å². The Morgan fingerprint density at radius 3 is 2.52 bits per heavy atom. The van der Waals surface area contributed by atoms with E-state index in [4.69, 9.17) is 12.2 Å². The molecule has 1 heterocycles. The lowest BCUT2D eigenvalue weighted by molar-refractivity contribution is -0.121. The van der Waals surface area contributed by atoms with Crippen molar-refractivity contribution < 1.29 is 9.59 Å². The highest BCUT2D eigenvalue weighted by Crippen LogP contribution is 2.22. The average Bonchev–Trinajstić information content (AvgIpc) is 3.12. The molecule has 1 aromatic heterocycles. The second-order valence-corrected chi connectivity index (χ2v) is 7.75. The van der Waals surface area contributed by atoms with Crippen LogP contribution in [0.15, 0.2) is 6.07 Å². The van der Waals surface area contributed by atoms with Gasteiger partial charge in [0.1, 0.15) is 0 Å². The van der Waals surface area contributed by atoms with Gasteiger partial charge >= 0.3 is 0 Å². The Labute approximate surface area is 146 Å². The molecule has 5 nitrogen and oxygen atoms in total. The summed E-state index contributed by atoms with van der Waals surface area (Å²) in [5, 5.41) is 3.61. The Hall–Kier alpha value is -1.47. The molecule has 1 aromatic rings. The molecule has 0 aliphatic heterocycles. The van der Waals surface area contributed by atoms with E-state index in [2.05, 4.69) is 16.2 Å². The van der Waals surface area contributed by atoms with Crippen molar-refractivity contribution in [3.63, 3.8) is 0 Å². The second-order valence-electron chi connectivity index (χ2n) is 5.88. The number of aryl methyl sites for hydroxylation is 2. The van der Waals surface area contributed by atoms with E-state index in [0.717, 1.165) is 28.2 Å². The number of carbonyl (C=O) groups is 2. The number of hydrazine groups is 1. The quantitative estimate of drug-likeness (QED) is 0.431. The third-order valence-corrected chi connectivity index (χ3v) is 5.11. The van der Waals surface area contributed by atoms with Crippen molar-refractivity contribution in [2.45, 2.75) is 58.4 Å². The van der Waals surface area contributed by atoms with Gasteiger partial charge in [0.05, 0.1) is 0 Å². The maximum atomic E-state index is 12.1. The smallest absolute Gasteiger partial charge is 0.238 e. The van der Waals surface area contributed by atoms with Gasteiger partial charge in [-0.05, 0) is 45.0 Å². The summed E-state index contributed by atoms with van der Waals surface area (Å²) in [4.78, 5) is 26.0. The van der Waals surface area contributed by atoms with Crippen LogP contribution in [0.5, 0.6) is 0 Å². The molecule has 0 aromatic carbocycles. The highest BCUT2D eigenvalue weighted by Gasteiger charge is 2.16. The van der Waals surface area contributed by atoms with Crippen LogP contribution in [-0.2, 0) is 4.79 Å². The van der Waals surface area contributed by atoms with Crippen LogP contribution in [0, 0.1) is 13.8 Å². The maximum absolute atomic E-state index is 12.1. The number of hydrogen-bond acceptors (Lipinski definition) is 4. The van der Waals surface area contributed by atoms with E-state index in [1.54, 1.807) is 11.3 Å². The molecule has 3 N–H and O–H groups in total. The molecule has 0 radical (unpaired) electrons. The maximum Gasteiger partial charge on any atom is 0.238 e. The van der Waals surface area contributed by atoms with Crippen molar-refractivity contribution in [2.24, 2.45) is 0 Å². The first-order valence-electron chi connectivity index (χ1n) is 7.91. The van der Waals surface area contributed by atoms with Gasteiger partial charge in [0, 0.05) is 34.2 Å². The van der Waals surface area contributed by atoms with Crippen LogP contribution in [0.4, 0.5) is 0 Å². The minimum atomic E-state index is -0.237. The van der Waals surface area contributed by atoms with Crippen LogP contribution in [0.2, 0.25) is 0 Å². The summed E-state index contributed by atoms with van der Waals surface area (Å²) in [6.45, 7) is 3.91. The molecule has 1 fully saturated rings. The molecule has 0 saturated heterocycles. The highest BCUT2D eigenvalue weighted by atomic mass is 32.1. The third-order valence-electron chi connectivity index (χ3n) is 3.93. The SMILES string of the molecule is Cc1cc(C(=O)CCC(=O)NNC(=S)NC2CCCC2)c(C)s1. The van der Waals surface area contributed by atoms with Crippen molar-refractivity contribution in [2.75, 3.05) is 0 Å². The van der Waals surface area contributed by atoms with Crippen LogP contribution >= 0.6 is 23.6 Å². The van der Waals surface area contributed by atoms with E-state index in [9.17, 15) is 9.59 Å². The van der Waals surface area contributed by atoms with E-state index in [-0.39, 0.29) is 24.5 Å². The monoisotopic (exact) mass is 353 g/mol. The zero-order valence-electron chi connectivity index (χ0n) is 13.5. The molecule has 0 atom stereocenters. The molecular weight excluding hydrogens is 330 g/mol. The minimum Gasteiger partial charge on any atom is -0.359 e. The molecule has 1 aliphatic rings. The summed E-state index contributed by atoms with van der Waals surface area (Å²) in [6.07, 6.45) is 5.01. The van der Waals surface area contributed by atoms with Crippen LogP contribution in [0.3, 0.4) is 0 Å². The highest BCUT2D eigenvalue weighted by molar-refractivity contribution is 7.80. The molecule has 0 spiro atoms. The topological polar surface area (TPSA) is 70.2 Å². The first-order chi connectivity index (χ1) is 11.0. The summed E-state index contributed by atoms with van der Waals surface area (Å²) in [5.74, 6) is -0.229. The fourth-order valence-corrected chi connectivity index (χ4v) is 3.91.